The van der Waals surface area contributed by atoms with Gasteiger partial charge in [-0.05, 0) is 26.0 Å². The van der Waals surface area contributed by atoms with Crippen molar-refractivity contribution in [3.63, 3.8) is 0 Å². The minimum Gasteiger partial charge on any atom is -0.311 e. The average Bonchev–Trinajstić information content (AvgIpc) is 2.40. The van der Waals surface area contributed by atoms with Crippen LogP contribution in [0.2, 0.25) is 0 Å². The van der Waals surface area contributed by atoms with E-state index in [9.17, 15) is 8.42 Å². The van der Waals surface area contributed by atoms with Gasteiger partial charge >= 0.3 is 0 Å². The Hall–Kier alpha value is -0.980. The Kier molecular flexibility index (Phi) is 4.54. The molecule has 1 aromatic rings. The molecule has 1 fully saturated rings. The minimum absolute atomic E-state index is 0.0185. The minimum atomic E-state index is -3.21. The summed E-state index contributed by atoms with van der Waals surface area (Å²) in [4.78, 5) is 4.17. The molecule has 106 valence electrons. The van der Waals surface area contributed by atoms with Crippen LogP contribution < -0.4 is 5.32 Å². The Bertz CT molecular complexity index is 504. The summed E-state index contributed by atoms with van der Waals surface area (Å²) >= 11 is 0. The van der Waals surface area contributed by atoms with E-state index in [1.165, 1.54) is 0 Å². The lowest BCUT2D eigenvalue weighted by Gasteiger charge is -2.36. The van der Waals surface area contributed by atoms with Crippen LogP contribution in [0.15, 0.2) is 24.4 Å². The summed E-state index contributed by atoms with van der Waals surface area (Å²) in [5.41, 5.74) is 0.821. The number of nitrogens with one attached hydrogen (secondary N) is 1. The zero-order valence-corrected chi connectivity index (χ0v) is 12.2. The van der Waals surface area contributed by atoms with Gasteiger partial charge in [0.1, 0.15) is 0 Å². The number of piperazine rings is 1. The molecule has 0 radical (unpaired) electrons. The highest BCUT2D eigenvalue weighted by atomic mass is 32.2. The maximum atomic E-state index is 12.4. The van der Waals surface area contributed by atoms with Crippen molar-refractivity contribution in [1.29, 1.82) is 0 Å². The number of pyridine rings is 1. The molecule has 0 bridgehead atoms. The van der Waals surface area contributed by atoms with E-state index in [0.717, 1.165) is 5.69 Å². The van der Waals surface area contributed by atoms with Crippen LogP contribution in [-0.4, -0.2) is 48.6 Å². The second kappa shape index (κ2) is 5.98. The van der Waals surface area contributed by atoms with Crippen molar-refractivity contribution in [3.8, 4) is 0 Å². The Labute approximate surface area is 115 Å². The van der Waals surface area contributed by atoms with Crippen molar-refractivity contribution >= 4 is 10.0 Å². The van der Waals surface area contributed by atoms with Gasteiger partial charge in [0.05, 0.1) is 5.75 Å². The van der Waals surface area contributed by atoms with E-state index >= 15 is 0 Å². The van der Waals surface area contributed by atoms with E-state index in [2.05, 4.69) is 10.3 Å². The molecule has 2 rings (SSSR count). The number of aryl methyl sites for hydroxylation is 1. The van der Waals surface area contributed by atoms with Crippen LogP contribution in [0, 0.1) is 0 Å². The van der Waals surface area contributed by atoms with Crippen molar-refractivity contribution in [2.24, 2.45) is 0 Å². The maximum Gasteiger partial charge on any atom is 0.214 e. The third-order valence-corrected chi connectivity index (χ3v) is 5.35. The van der Waals surface area contributed by atoms with E-state index in [-0.39, 0.29) is 17.8 Å². The van der Waals surface area contributed by atoms with Gasteiger partial charge in [-0.25, -0.2) is 8.42 Å². The standard InChI is InChI=1S/C13H21N3O2S/c1-11-10-16(12(2)9-15-11)19(17,18)8-6-13-5-3-4-7-14-13/h3-5,7,11-12,15H,6,8-10H2,1-2H3. The number of nitrogens with zero attached hydrogens (tertiary/aromatic N) is 2. The van der Waals surface area contributed by atoms with E-state index in [4.69, 9.17) is 0 Å². The van der Waals surface area contributed by atoms with E-state index in [1.54, 1.807) is 10.5 Å². The van der Waals surface area contributed by atoms with Gasteiger partial charge in [0.25, 0.3) is 0 Å². The Balaban J connectivity index is 2.01. The first-order valence-electron chi connectivity index (χ1n) is 6.62. The number of hydrogen-bond acceptors (Lipinski definition) is 4. The molecule has 0 aromatic carbocycles. The molecular formula is C13H21N3O2S. The molecule has 0 spiro atoms. The first kappa shape index (κ1) is 14.4. The van der Waals surface area contributed by atoms with Crippen LogP contribution in [0.1, 0.15) is 19.5 Å². The van der Waals surface area contributed by atoms with Crippen LogP contribution in [0.25, 0.3) is 0 Å². The molecule has 0 aliphatic carbocycles. The zero-order valence-electron chi connectivity index (χ0n) is 11.4. The fourth-order valence-corrected chi connectivity index (χ4v) is 4.05. The summed E-state index contributed by atoms with van der Waals surface area (Å²) in [6.07, 6.45) is 2.16. The highest BCUT2D eigenvalue weighted by Gasteiger charge is 2.31. The van der Waals surface area contributed by atoms with E-state index in [0.29, 0.717) is 19.5 Å². The molecule has 1 N–H and O–H groups in total. The summed E-state index contributed by atoms with van der Waals surface area (Å²) in [6.45, 7) is 5.21. The molecule has 2 unspecified atom stereocenters. The summed E-state index contributed by atoms with van der Waals surface area (Å²) < 4.78 is 26.4. The van der Waals surface area contributed by atoms with Gasteiger partial charge in [-0.15, -0.1) is 0 Å². The zero-order chi connectivity index (χ0) is 13.9. The fourth-order valence-electron chi connectivity index (χ4n) is 2.27. The highest BCUT2D eigenvalue weighted by molar-refractivity contribution is 7.89. The van der Waals surface area contributed by atoms with Crippen molar-refractivity contribution in [3.05, 3.63) is 30.1 Å². The van der Waals surface area contributed by atoms with Crippen molar-refractivity contribution in [2.45, 2.75) is 32.4 Å². The first-order valence-corrected chi connectivity index (χ1v) is 8.23. The van der Waals surface area contributed by atoms with E-state index < -0.39 is 10.0 Å². The van der Waals surface area contributed by atoms with E-state index in [1.807, 2.05) is 32.0 Å². The molecule has 1 aliphatic rings. The van der Waals surface area contributed by atoms with Crippen LogP contribution in [0.4, 0.5) is 0 Å². The number of aromatic nitrogens is 1. The Morgan fingerprint density at radius 2 is 2.21 bits per heavy atom. The predicted octanol–water partition coefficient (Wildman–Crippen LogP) is 0.636. The van der Waals surface area contributed by atoms with Gasteiger partial charge in [-0.1, -0.05) is 6.07 Å². The normalized spacial score (nSPS) is 25.4. The van der Waals surface area contributed by atoms with Gasteiger partial charge in [0.2, 0.25) is 10.0 Å². The van der Waals surface area contributed by atoms with Crippen molar-refractivity contribution < 1.29 is 8.42 Å². The van der Waals surface area contributed by atoms with Gasteiger partial charge in [0.15, 0.2) is 0 Å². The molecule has 0 amide bonds. The smallest absolute Gasteiger partial charge is 0.214 e. The lowest BCUT2D eigenvalue weighted by Crippen LogP contribution is -2.56. The third-order valence-electron chi connectivity index (χ3n) is 3.41. The number of sulfonamides is 1. The van der Waals surface area contributed by atoms with Crippen LogP contribution in [0.5, 0.6) is 0 Å². The van der Waals surface area contributed by atoms with Gasteiger partial charge < -0.3 is 5.32 Å². The van der Waals surface area contributed by atoms with Gasteiger partial charge in [-0.3, -0.25) is 4.98 Å². The fraction of sp³-hybridized carbons (Fsp3) is 0.615. The molecule has 19 heavy (non-hydrogen) atoms. The summed E-state index contributed by atoms with van der Waals surface area (Å²) in [7, 11) is -3.21. The largest absolute Gasteiger partial charge is 0.311 e. The molecule has 2 heterocycles. The predicted molar refractivity (Wildman–Crippen MR) is 75.4 cm³/mol. The summed E-state index contributed by atoms with van der Waals surface area (Å²) in [5, 5.41) is 3.29. The van der Waals surface area contributed by atoms with Gasteiger partial charge in [0, 0.05) is 43.5 Å². The SMILES string of the molecule is CC1CN(S(=O)(=O)CCc2ccccn2)C(C)CN1. The second-order valence-corrected chi connectivity index (χ2v) is 7.16. The molecular weight excluding hydrogens is 262 g/mol. The lowest BCUT2D eigenvalue weighted by atomic mass is 10.2. The second-order valence-electron chi connectivity index (χ2n) is 5.12. The first-order chi connectivity index (χ1) is 8.99. The quantitative estimate of drug-likeness (QED) is 0.880. The molecule has 1 saturated heterocycles. The lowest BCUT2D eigenvalue weighted by molar-refractivity contribution is 0.244. The molecule has 0 saturated carbocycles. The topological polar surface area (TPSA) is 62.3 Å². The Morgan fingerprint density at radius 1 is 1.42 bits per heavy atom. The van der Waals surface area contributed by atoms with Crippen LogP contribution >= 0.6 is 0 Å². The van der Waals surface area contributed by atoms with Crippen molar-refractivity contribution in [1.82, 2.24) is 14.6 Å². The Morgan fingerprint density at radius 3 is 2.89 bits per heavy atom. The molecule has 1 aliphatic heterocycles. The summed E-state index contributed by atoms with van der Waals surface area (Å²) in [5.74, 6) is 0.126. The monoisotopic (exact) mass is 283 g/mol. The van der Waals surface area contributed by atoms with Crippen molar-refractivity contribution in [2.75, 3.05) is 18.8 Å². The average molecular weight is 283 g/mol. The molecule has 6 heteroatoms. The van der Waals surface area contributed by atoms with Crippen LogP contribution in [-0.2, 0) is 16.4 Å². The highest BCUT2D eigenvalue weighted by Crippen LogP contribution is 2.14. The summed E-state index contributed by atoms with van der Waals surface area (Å²) in [6, 6.07) is 5.80. The maximum absolute atomic E-state index is 12.4. The molecule has 5 nitrogen and oxygen atoms in total. The third kappa shape index (κ3) is 3.75. The molecule has 1 aromatic heterocycles. The molecule has 2 atom stereocenters. The van der Waals surface area contributed by atoms with Gasteiger partial charge in [-0.2, -0.15) is 4.31 Å². The number of hydrogen-bond donors (Lipinski definition) is 1. The number of rotatable bonds is 4. The van der Waals surface area contributed by atoms with Crippen LogP contribution in [0.3, 0.4) is 0 Å².